The SMILES string of the molecule is CCC(C)N(CCOC)C(=O)C(C)C#N. The number of carbonyl (C=O) groups excluding carboxylic acids is 1. The first-order valence-corrected chi connectivity index (χ1v) is 5.27. The van der Waals surface area contributed by atoms with Gasteiger partial charge in [-0.2, -0.15) is 5.26 Å². The van der Waals surface area contributed by atoms with Crippen molar-refractivity contribution in [1.82, 2.24) is 4.90 Å². The zero-order chi connectivity index (χ0) is 11.8. The van der Waals surface area contributed by atoms with E-state index in [4.69, 9.17) is 10.00 Å². The Kier molecular flexibility index (Phi) is 6.72. The zero-order valence-electron chi connectivity index (χ0n) is 9.99. The van der Waals surface area contributed by atoms with Crippen molar-refractivity contribution < 1.29 is 9.53 Å². The van der Waals surface area contributed by atoms with Gasteiger partial charge < -0.3 is 9.64 Å². The van der Waals surface area contributed by atoms with Crippen molar-refractivity contribution in [2.75, 3.05) is 20.3 Å². The van der Waals surface area contributed by atoms with Crippen LogP contribution in [0.25, 0.3) is 0 Å². The van der Waals surface area contributed by atoms with Crippen LogP contribution in [-0.2, 0) is 9.53 Å². The third kappa shape index (κ3) is 4.30. The highest BCUT2D eigenvalue weighted by atomic mass is 16.5. The van der Waals surface area contributed by atoms with Crippen molar-refractivity contribution in [3.05, 3.63) is 0 Å². The molecule has 0 fully saturated rings. The highest BCUT2D eigenvalue weighted by Crippen LogP contribution is 2.08. The third-order valence-electron chi connectivity index (χ3n) is 2.51. The van der Waals surface area contributed by atoms with E-state index in [1.54, 1.807) is 18.9 Å². The van der Waals surface area contributed by atoms with Crippen molar-refractivity contribution >= 4 is 5.91 Å². The van der Waals surface area contributed by atoms with Crippen LogP contribution in [0.4, 0.5) is 0 Å². The quantitative estimate of drug-likeness (QED) is 0.669. The molecule has 0 aromatic rings. The first-order chi connectivity index (χ1) is 7.08. The van der Waals surface area contributed by atoms with E-state index < -0.39 is 5.92 Å². The van der Waals surface area contributed by atoms with Crippen molar-refractivity contribution in [3.63, 3.8) is 0 Å². The summed E-state index contributed by atoms with van der Waals surface area (Å²) in [5, 5.41) is 8.71. The highest BCUT2D eigenvalue weighted by Gasteiger charge is 2.23. The predicted molar refractivity (Wildman–Crippen MR) is 58.1 cm³/mol. The van der Waals surface area contributed by atoms with Gasteiger partial charge in [0.2, 0.25) is 5.91 Å². The molecule has 2 atom stereocenters. The van der Waals surface area contributed by atoms with E-state index in [-0.39, 0.29) is 11.9 Å². The smallest absolute Gasteiger partial charge is 0.239 e. The summed E-state index contributed by atoms with van der Waals surface area (Å²) in [6.45, 7) is 6.70. The van der Waals surface area contributed by atoms with Crippen LogP contribution in [0.2, 0.25) is 0 Å². The molecule has 0 spiro atoms. The largest absolute Gasteiger partial charge is 0.383 e. The second-order valence-electron chi connectivity index (χ2n) is 3.63. The summed E-state index contributed by atoms with van der Waals surface area (Å²) < 4.78 is 4.95. The van der Waals surface area contributed by atoms with Gasteiger partial charge in [0.1, 0.15) is 5.92 Å². The Bertz CT molecular complexity index is 235. The van der Waals surface area contributed by atoms with E-state index >= 15 is 0 Å². The fourth-order valence-corrected chi connectivity index (χ4v) is 1.26. The Balaban J connectivity index is 4.48. The number of methoxy groups -OCH3 is 1. The van der Waals surface area contributed by atoms with Crippen LogP contribution >= 0.6 is 0 Å². The Morgan fingerprint density at radius 2 is 2.13 bits per heavy atom. The van der Waals surface area contributed by atoms with Gasteiger partial charge in [0, 0.05) is 19.7 Å². The summed E-state index contributed by atoms with van der Waals surface area (Å²) in [6.07, 6.45) is 0.883. The number of nitrogens with zero attached hydrogens (tertiary/aromatic N) is 2. The summed E-state index contributed by atoms with van der Waals surface area (Å²) in [6, 6.07) is 2.12. The van der Waals surface area contributed by atoms with Crippen LogP contribution in [0.1, 0.15) is 27.2 Å². The minimum Gasteiger partial charge on any atom is -0.383 e. The first kappa shape index (κ1) is 13.9. The van der Waals surface area contributed by atoms with Gasteiger partial charge in [0.15, 0.2) is 0 Å². The normalized spacial score (nSPS) is 14.1. The molecular formula is C11H20N2O2. The molecule has 0 bridgehead atoms. The molecule has 0 heterocycles. The molecule has 0 saturated heterocycles. The minimum absolute atomic E-state index is 0.107. The molecule has 1 amide bonds. The van der Waals surface area contributed by atoms with Crippen molar-refractivity contribution in [2.45, 2.75) is 33.2 Å². The molecule has 0 radical (unpaired) electrons. The molecule has 0 aliphatic carbocycles. The van der Waals surface area contributed by atoms with Crippen molar-refractivity contribution in [2.24, 2.45) is 5.92 Å². The molecule has 2 unspecified atom stereocenters. The van der Waals surface area contributed by atoms with Crippen LogP contribution in [0.15, 0.2) is 0 Å². The maximum absolute atomic E-state index is 11.8. The van der Waals surface area contributed by atoms with Crippen molar-refractivity contribution in [1.29, 1.82) is 5.26 Å². The van der Waals surface area contributed by atoms with Crippen molar-refractivity contribution in [3.8, 4) is 6.07 Å². The lowest BCUT2D eigenvalue weighted by Gasteiger charge is -2.29. The second-order valence-corrected chi connectivity index (χ2v) is 3.63. The predicted octanol–water partition coefficient (Wildman–Crippen LogP) is 1.42. The molecule has 0 aliphatic heterocycles. The molecule has 0 saturated carbocycles. The Hall–Kier alpha value is -1.08. The third-order valence-corrected chi connectivity index (χ3v) is 2.51. The van der Waals surface area contributed by atoms with E-state index in [0.29, 0.717) is 13.2 Å². The molecule has 4 heteroatoms. The first-order valence-electron chi connectivity index (χ1n) is 5.27. The van der Waals surface area contributed by atoms with Gasteiger partial charge in [-0.15, -0.1) is 0 Å². The zero-order valence-corrected chi connectivity index (χ0v) is 9.99. The van der Waals surface area contributed by atoms with Crippen LogP contribution in [-0.4, -0.2) is 37.1 Å². The molecule has 4 nitrogen and oxygen atoms in total. The number of nitriles is 1. The van der Waals surface area contributed by atoms with Crippen LogP contribution in [0.5, 0.6) is 0 Å². The van der Waals surface area contributed by atoms with E-state index in [2.05, 4.69) is 0 Å². The highest BCUT2D eigenvalue weighted by molar-refractivity contribution is 5.81. The lowest BCUT2D eigenvalue weighted by molar-refractivity contribution is -0.136. The molecule has 0 aromatic heterocycles. The molecular weight excluding hydrogens is 192 g/mol. The summed E-state index contributed by atoms with van der Waals surface area (Å²) >= 11 is 0. The fourth-order valence-electron chi connectivity index (χ4n) is 1.26. The molecule has 86 valence electrons. The lowest BCUT2D eigenvalue weighted by atomic mass is 10.1. The number of carbonyl (C=O) groups is 1. The van der Waals surface area contributed by atoms with Crippen LogP contribution in [0, 0.1) is 17.2 Å². The number of hydrogen-bond donors (Lipinski definition) is 0. The van der Waals surface area contributed by atoms with Gasteiger partial charge in [-0.3, -0.25) is 4.79 Å². The average molecular weight is 212 g/mol. The minimum atomic E-state index is -0.573. The van der Waals surface area contributed by atoms with Gasteiger partial charge >= 0.3 is 0 Å². The number of ether oxygens (including phenoxy) is 1. The summed E-state index contributed by atoms with van der Waals surface area (Å²) in [7, 11) is 1.60. The number of rotatable bonds is 6. The topological polar surface area (TPSA) is 53.3 Å². The molecule has 0 N–H and O–H groups in total. The standard InChI is InChI=1S/C11H20N2O2/c1-5-10(3)13(6-7-15-4)11(14)9(2)8-12/h9-10H,5-7H2,1-4H3. The second kappa shape index (κ2) is 7.24. The lowest BCUT2D eigenvalue weighted by Crippen LogP contribution is -2.42. The van der Waals surface area contributed by atoms with Gasteiger partial charge in [-0.1, -0.05) is 6.92 Å². The summed E-state index contributed by atoms with van der Waals surface area (Å²) in [5.41, 5.74) is 0. The average Bonchev–Trinajstić information content (AvgIpc) is 2.27. The number of amides is 1. The maximum atomic E-state index is 11.8. The van der Waals surface area contributed by atoms with Gasteiger partial charge in [-0.25, -0.2) is 0 Å². The maximum Gasteiger partial charge on any atom is 0.239 e. The number of hydrogen-bond acceptors (Lipinski definition) is 3. The van der Waals surface area contributed by atoms with Crippen LogP contribution < -0.4 is 0 Å². The summed E-state index contributed by atoms with van der Waals surface area (Å²) in [5.74, 6) is -0.681. The monoisotopic (exact) mass is 212 g/mol. The molecule has 15 heavy (non-hydrogen) atoms. The van der Waals surface area contributed by atoms with Crippen LogP contribution in [0.3, 0.4) is 0 Å². The van der Waals surface area contributed by atoms with E-state index in [1.165, 1.54) is 0 Å². The summed E-state index contributed by atoms with van der Waals surface area (Å²) in [4.78, 5) is 13.5. The Morgan fingerprint density at radius 1 is 1.53 bits per heavy atom. The van der Waals surface area contributed by atoms with Gasteiger partial charge in [0.25, 0.3) is 0 Å². The molecule has 0 rings (SSSR count). The van der Waals surface area contributed by atoms with E-state index in [1.807, 2.05) is 19.9 Å². The fraction of sp³-hybridized carbons (Fsp3) is 0.818. The Labute approximate surface area is 91.8 Å². The van der Waals surface area contributed by atoms with Gasteiger partial charge in [0.05, 0.1) is 12.7 Å². The van der Waals surface area contributed by atoms with Gasteiger partial charge in [-0.05, 0) is 20.3 Å². The van der Waals surface area contributed by atoms with E-state index in [9.17, 15) is 4.79 Å². The Morgan fingerprint density at radius 3 is 2.53 bits per heavy atom. The molecule has 0 aromatic carbocycles. The van der Waals surface area contributed by atoms with E-state index in [0.717, 1.165) is 6.42 Å². The molecule has 0 aliphatic rings.